The average molecular weight is 514 g/mol. The molecule has 0 saturated carbocycles. The van der Waals surface area contributed by atoms with Crippen LogP contribution >= 0.6 is 11.3 Å². The number of thiophene rings is 1. The summed E-state index contributed by atoms with van der Waals surface area (Å²) < 4.78 is 27.2. The maximum Gasteiger partial charge on any atom is 0.336 e. The lowest BCUT2D eigenvalue weighted by Crippen LogP contribution is -2.36. The van der Waals surface area contributed by atoms with Crippen molar-refractivity contribution in [1.82, 2.24) is 5.32 Å². The second kappa shape index (κ2) is 11.2. The van der Waals surface area contributed by atoms with Gasteiger partial charge in [-0.05, 0) is 42.5 Å². The Balaban J connectivity index is 1.85. The van der Waals surface area contributed by atoms with E-state index >= 15 is 0 Å². The van der Waals surface area contributed by atoms with Crippen LogP contribution in [0, 0.1) is 0 Å². The van der Waals surface area contributed by atoms with Crippen LogP contribution in [-0.2, 0) is 19.1 Å². The summed E-state index contributed by atoms with van der Waals surface area (Å²) in [5, 5.41) is 5.39. The molecule has 0 fully saturated rings. The Morgan fingerprint density at radius 3 is 2.36 bits per heavy atom. The van der Waals surface area contributed by atoms with Crippen LogP contribution in [0.15, 0.2) is 52.2 Å². The molecule has 1 aliphatic carbocycles. The molecule has 0 unspecified atom stereocenters. The SMILES string of the molecule is COCCOC(=O)C1=C(C)NC2=C(C(=O)C[C@H](c3cccs3)C2)[C@H]1c1cc(OC)c(OC)c(OC)c1. The number of ether oxygens (including phenoxy) is 5. The Bertz CT molecular complexity index is 1170. The minimum atomic E-state index is -0.651. The van der Waals surface area contributed by atoms with Gasteiger partial charge in [-0.2, -0.15) is 0 Å². The molecule has 0 spiro atoms. The fourth-order valence-corrected chi connectivity index (χ4v) is 5.76. The number of benzene rings is 1. The van der Waals surface area contributed by atoms with Crippen molar-refractivity contribution in [3.8, 4) is 17.2 Å². The van der Waals surface area contributed by atoms with Gasteiger partial charge >= 0.3 is 5.97 Å². The summed E-state index contributed by atoms with van der Waals surface area (Å²) in [5.41, 5.74) is 3.10. The highest BCUT2D eigenvalue weighted by Gasteiger charge is 2.42. The predicted octanol–water partition coefficient (Wildman–Crippen LogP) is 4.33. The molecule has 2 aliphatic rings. The number of carbonyl (C=O) groups excluding carboxylic acids is 2. The molecule has 2 aromatic rings. The zero-order valence-corrected chi connectivity index (χ0v) is 22.0. The number of allylic oxidation sites excluding steroid dienone is 3. The monoisotopic (exact) mass is 513 g/mol. The molecule has 0 saturated heterocycles. The summed E-state index contributed by atoms with van der Waals surface area (Å²) >= 11 is 1.65. The van der Waals surface area contributed by atoms with E-state index in [1.807, 2.05) is 18.4 Å². The van der Waals surface area contributed by atoms with E-state index in [9.17, 15) is 9.59 Å². The standard InChI is InChI=1S/C27H31NO7S/c1-15-23(27(30)35-9-8-31-2)24(17-13-20(32-3)26(34-5)21(14-17)33-4)25-18(28-15)11-16(12-19(25)29)22-7-6-10-36-22/h6-7,10,13-14,16,24,28H,8-9,11-12H2,1-5H3/t16-,24+/m1/s1. The maximum absolute atomic E-state index is 13.7. The van der Waals surface area contributed by atoms with E-state index in [0.717, 1.165) is 5.70 Å². The molecule has 36 heavy (non-hydrogen) atoms. The van der Waals surface area contributed by atoms with Crippen LogP contribution in [0.1, 0.15) is 42.0 Å². The van der Waals surface area contributed by atoms with Crippen molar-refractivity contribution in [3.05, 3.63) is 62.6 Å². The van der Waals surface area contributed by atoms with Gasteiger partial charge in [0.05, 0.1) is 33.5 Å². The van der Waals surface area contributed by atoms with Gasteiger partial charge in [-0.25, -0.2) is 4.79 Å². The van der Waals surface area contributed by atoms with E-state index in [1.165, 1.54) is 26.2 Å². The van der Waals surface area contributed by atoms with E-state index in [1.54, 1.807) is 30.6 Å². The van der Waals surface area contributed by atoms with Gasteiger partial charge in [-0.3, -0.25) is 4.79 Å². The van der Waals surface area contributed by atoms with Gasteiger partial charge in [0.25, 0.3) is 0 Å². The Hall–Kier alpha value is -3.30. The van der Waals surface area contributed by atoms with Crippen molar-refractivity contribution in [2.75, 3.05) is 41.7 Å². The first kappa shape index (κ1) is 25.8. The Kier molecular flexibility index (Phi) is 8.01. The third-order valence-corrected chi connectivity index (χ3v) is 7.57. The fraction of sp³-hybridized carbons (Fsp3) is 0.407. The van der Waals surface area contributed by atoms with Gasteiger partial charge in [0.15, 0.2) is 17.3 Å². The van der Waals surface area contributed by atoms with Crippen molar-refractivity contribution in [3.63, 3.8) is 0 Å². The number of hydrogen-bond acceptors (Lipinski definition) is 9. The summed E-state index contributed by atoms with van der Waals surface area (Å²) in [6, 6.07) is 7.64. The van der Waals surface area contributed by atoms with Crippen molar-refractivity contribution in [1.29, 1.82) is 0 Å². The minimum Gasteiger partial charge on any atom is -0.493 e. The van der Waals surface area contributed by atoms with Gasteiger partial charge < -0.3 is 29.0 Å². The highest BCUT2D eigenvalue weighted by molar-refractivity contribution is 7.10. The van der Waals surface area contributed by atoms with Gasteiger partial charge in [0.2, 0.25) is 5.75 Å². The third kappa shape index (κ3) is 4.85. The van der Waals surface area contributed by atoms with E-state index in [0.29, 0.717) is 52.5 Å². The number of dihydropyridines is 1. The fourth-order valence-electron chi connectivity index (χ4n) is 4.93. The molecule has 1 aromatic carbocycles. The molecule has 2 atom stereocenters. The first-order valence-electron chi connectivity index (χ1n) is 11.7. The summed E-state index contributed by atoms with van der Waals surface area (Å²) in [5.74, 6) is 0.249. The lowest BCUT2D eigenvalue weighted by atomic mass is 9.72. The van der Waals surface area contributed by atoms with Gasteiger partial charge in [0, 0.05) is 47.2 Å². The van der Waals surface area contributed by atoms with E-state index < -0.39 is 11.9 Å². The number of methoxy groups -OCH3 is 4. The molecule has 192 valence electrons. The number of rotatable bonds is 9. The van der Waals surface area contributed by atoms with Crippen LogP contribution in [0.5, 0.6) is 17.2 Å². The Labute approximate surface area is 214 Å². The highest BCUT2D eigenvalue weighted by atomic mass is 32.1. The molecular formula is C27H31NO7S. The minimum absolute atomic E-state index is 0.00408. The number of Topliss-reactive ketones (excluding diaryl/α,β-unsaturated/α-hetero) is 1. The first-order chi connectivity index (χ1) is 17.4. The van der Waals surface area contributed by atoms with Gasteiger partial charge in [-0.1, -0.05) is 6.07 Å². The van der Waals surface area contributed by atoms with Crippen LogP contribution in [0.4, 0.5) is 0 Å². The molecule has 2 heterocycles. The predicted molar refractivity (Wildman–Crippen MR) is 136 cm³/mol. The van der Waals surface area contributed by atoms with Gasteiger partial charge in [-0.15, -0.1) is 11.3 Å². The Morgan fingerprint density at radius 1 is 1.06 bits per heavy atom. The molecule has 0 amide bonds. The zero-order valence-electron chi connectivity index (χ0n) is 21.1. The summed E-state index contributed by atoms with van der Waals surface area (Å²) in [6.45, 7) is 2.21. The third-order valence-electron chi connectivity index (χ3n) is 6.53. The van der Waals surface area contributed by atoms with Crippen molar-refractivity contribution < 1.29 is 33.3 Å². The summed E-state index contributed by atoms with van der Waals surface area (Å²) in [7, 11) is 6.14. The maximum atomic E-state index is 13.7. The molecule has 0 bridgehead atoms. The van der Waals surface area contributed by atoms with E-state index in [-0.39, 0.29) is 24.9 Å². The smallest absolute Gasteiger partial charge is 0.336 e. The van der Waals surface area contributed by atoms with Crippen molar-refractivity contribution in [2.45, 2.75) is 31.6 Å². The molecule has 0 radical (unpaired) electrons. The highest BCUT2D eigenvalue weighted by Crippen LogP contribution is 2.49. The van der Waals surface area contributed by atoms with Crippen molar-refractivity contribution in [2.24, 2.45) is 0 Å². The number of hydrogen-bond donors (Lipinski definition) is 1. The first-order valence-corrected chi connectivity index (χ1v) is 12.5. The topological polar surface area (TPSA) is 92.3 Å². The molecule has 1 N–H and O–H groups in total. The summed E-state index contributed by atoms with van der Waals surface area (Å²) in [4.78, 5) is 28.2. The quantitative estimate of drug-likeness (QED) is 0.391. The van der Waals surface area contributed by atoms with Crippen molar-refractivity contribution >= 4 is 23.1 Å². The molecule has 4 rings (SSSR count). The lowest BCUT2D eigenvalue weighted by molar-refractivity contribution is -0.140. The van der Waals surface area contributed by atoms with Crippen LogP contribution in [0.3, 0.4) is 0 Å². The van der Waals surface area contributed by atoms with E-state index in [4.69, 9.17) is 23.7 Å². The molecule has 1 aliphatic heterocycles. The van der Waals surface area contributed by atoms with Crippen LogP contribution in [0.2, 0.25) is 0 Å². The molecule has 8 nitrogen and oxygen atoms in total. The molecule has 9 heteroatoms. The van der Waals surface area contributed by atoms with Gasteiger partial charge in [0.1, 0.15) is 6.61 Å². The largest absolute Gasteiger partial charge is 0.493 e. The lowest BCUT2D eigenvalue weighted by Gasteiger charge is -2.36. The molecule has 1 aromatic heterocycles. The normalized spacial score (nSPS) is 19.5. The Morgan fingerprint density at radius 2 is 1.78 bits per heavy atom. The zero-order chi connectivity index (χ0) is 25.8. The van der Waals surface area contributed by atoms with E-state index in [2.05, 4.69) is 11.4 Å². The number of esters is 1. The van der Waals surface area contributed by atoms with Crippen LogP contribution < -0.4 is 19.5 Å². The average Bonchev–Trinajstić information content (AvgIpc) is 3.42. The number of carbonyl (C=O) groups is 2. The second-order valence-corrected chi connectivity index (χ2v) is 9.60. The number of ketones is 1. The second-order valence-electron chi connectivity index (χ2n) is 8.62. The van der Waals surface area contributed by atoms with Crippen LogP contribution in [0.25, 0.3) is 0 Å². The summed E-state index contributed by atoms with van der Waals surface area (Å²) in [6.07, 6.45) is 1.04. The number of nitrogens with one attached hydrogen (secondary N) is 1. The molecular weight excluding hydrogens is 482 g/mol. The van der Waals surface area contributed by atoms with Crippen LogP contribution in [-0.4, -0.2) is 53.4 Å².